The molecule has 1 fully saturated rings. The molecule has 0 aromatic carbocycles. The molecule has 0 aromatic rings. The second-order valence-corrected chi connectivity index (χ2v) is 15.0. The maximum absolute atomic E-state index is 5.64. The van der Waals surface area contributed by atoms with Gasteiger partial charge < -0.3 is 4.43 Å². The monoisotopic (exact) mass is 174 g/mol. The first-order chi connectivity index (χ1) is 4.77. The molecule has 0 spiro atoms. The summed E-state index contributed by atoms with van der Waals surface area (Å²) >= 11 is 0. The van der Waals surface area contributed by atoms with Crippen LogP contribution < -0.4 is 0 Å². The van der Waals surface area contributed by atoms with E-state index >= 15 is 0 Å². The van der Waals surface area contributed by atoms with Crippen LogP contribution in [0.3, 0.4) is 0 Å². The van der Waals surface area contributed by atoms with E-state index in [1.165, 1.54) is 18.9 Å². The van der Waals surface area contributed by atoms with Crippen LogP contribution in [0.4, 0.5) is 0 Å². The fourth-order valence-electron chi connectivity index (χ4n) is 1.79. The van der Waals surface area contributed by atoms with E-state index in [1.54, 1.807) is 6.04 Å². The van der Waals surface area contributed by atoms with Crippen LogP contribution in [0.25, 0.3) is 0 Å². The van der Waals surface area contributed by atoms with Crippen molar-refractivity contribution < 1.29 is 4.43 Å². The third kappa shape index (κ3) is 2.21. The van der Waals surface area contributed by atoms with E-state index in [1.807, 2.05) is 0 Å². The summed E-state index contributed by atoms with van der Waals surface area (Å²) in [5.41, 5.74) is 0. The molecule has 0 radical (unpaired) electrons. The summed E-state index contributed by atoms with van der Waals surface area (Å²) in [4.78, 5) is 0. The van der Waals surface area contributed by atoms with Crippen molar-refractivity contribution in [2.75, 3.05) is 6.61 Å². The Morgan fingerprint density at radius 2 is 2.40 bits per heavy atom. The maximum Gasteiger partial charge on any atom is 0.150 e. The highest BCUT2D eigenvalue weighted by Gasteiger charge is 2.29. The highest BCUT2D eigenvalue weighted by atomic mass is 29.2. The molecular weight excluding hydrogens is 156 g/mol. The SMILES string of the molecule is CCC[Si]1(C)CCCO[SiH2]1. The second kappa shape index (κ2) is 3.69. The molecule has 1 rings (SSSR count). The first kappa shape index (κ1) is 8.49. The van der Waals surface area contributed by atoms with Crippen LogP contribution in [-0.2, 0) is 4.43 Å². The van der Waals surface area contributed by atoms with Crippen molar-refractivity contribution in [2.24, 2.45) is 0 Å². The van der Waals surface area contributed by atoms with Gasteiger partial charge >= 0.3 is 0 Å². The van der Waals surface area contributed by atoms with Gasteiger partial charge in [-0.25, -0.2) is 0 Å². The summed E-state index contributed by atoms with van der Waals surface area (Å²) in [5.74, 6) is 0. The smallest absolute Gasteiger partial charge is 0.150 e. The Balaban J connectivity index is 2.32. The van der Waals surface area contributed by atoms with Gasteiger partial charge in [0.15, 0.2) is 9.28 Å². The molecule has 60 valence electrons. The Bertz CT molecular complexity index is 94.3. The van der Waals surface area contributed by atoms with E-state index in [2.05, 4.69) is 13.5 Å². The van der Waals surface area contributed by atoms with Gasteiger partial charge in [-0.05, 0) is 6.42 Å². The lowest BCUT2D eigenvalue weighted by Gasteiger charge is -2.30. The first-order valence-corrected chi connectivity index (χ1v) is 10.2. The molecule has 0 saturated carbocycles. The van der Waals surface area contributed by atoms with Crippen molar-refractivity contribution in [3.05, 3.63) is 0 Å². The molecule has 1 aliphatic rings. The molecule has 0 aliphatic carbocycles. The van der Waals surface area contributed by atoms with Gasteiger partial charge in [0.05, 0.1) is 7.59 Å². The third-order valence-corrected chi connectivity index (χ3v) is 11.7. The van der Waals surface area contributed by atoms with Crippen molar-refractivity contribution in [1.82, 2.24) is 0 Å². The molecule has 3 heteroatoms. The van der Waals surface area contributed by atoms with Crippen LogP contribution in [0.5, 0.6) is 0 Å². The molecule has 1 nitrogen and oxygen atoms in total. The zero-order chi connectivity index (χ0) is 7.45. The Hall–Kier alpha value is 0.394. The molecule has 0 N–H and O–H groups in total. The van der Waals surface area contributed by atoms with Crippen molar-refractivity contribution in [1.29, 1.82) is 0 Å². The molecule has 1 heterocycles. The van der Waals surface area contributed by atoms with E-state index in [0.29, 0.717) is 0 Å². The Morgan fingerprint density at radius 3 is 2.90 bits per heavy atom. The molecule has 1 aliphatic heterocycles. The Kier molecular flexibility index (Phi) is 3.13. The topological polar surface area (TPSA) is 9.23 Å². The molecular formula is C7H18OSi2. The lowest BCUT2D eigenvalue weighted by molar-refractivity contribution is 0.333. The minimum absolute atomic E-state index is 0.0461. The van der Waals surface area contributed by atoms with Crippen molar-refractivity contribution in [3.8, 4) is 0 Å². The number of rotatable bonds is 2. The zero-order valence-corrected chi connectivity index (χ0v) is 9.57. The van der Waals surface area contributed by atoms with E-state index in [0.717, 1.165) is 6.61 Å². The average molecular weight is 174 g/mol. The summed E-state index contributed by atoms with van der Waals surface area (Å²) in [6.45, 7) is 5.93. The van der Waals surface area contributed by atoms with Gasteiger partial charge in [0, 0.05) is 6.61 Å². The zero-order valence-electron chi connectivity index (χ0n) is 7.15. The summed E-state index contributed by atoms with van der Waals surface area (Å²) in [6, 6.07) is 3.09. The average Bonchev–Trinajstić information content (AvgIpc) is 1.89. The van der Waals surface area contributed by atoms with Crippen LogP contribution in [-0.4, -0.2) is 23.5 Å². The van der Waals surface area contributed by atoms with Gasteiger partial charge in [0.25, 0.3) is 0 Å². The van der Waals surface area contributed by atoms with E-state index in [9.17, 15) is 0 Å². The van der Waals surface area contributed by atoms with Crippen LogP contribution in [0.1, 0.15) is 19.8 Å². The summed E-state index contributed by atoms with van der Waals surface area (Å²) in [6.07, 6.45) is 2.74. The minimum atomic E-state index is -0.720. The van der Waals surface area contributed by atoms with E-state index < -0.39 is 7.59 Å². The quantitative estimate of drug-likeness (QED) is 0.576. The minimum Gasteiger partial charge on any atom is -0.427 e. The second-order valence-electron chi connectivity index (χ2n) is 3.72. The fourth-order valence-corrected chi connectivity index (χ4v) is 9.97. The van der Waals surface area contributed by atoms with Gasteiger partial charge in [0.1, 0.15) is 0 Å². The molecule has 0 aromatic heterocycles. The van der Waals surface area contributed by atoms with Crippen LogP contribution in [0, 0.1) is 0 Å². The maximum atomic E-state index is 5.64. The predicted octanol–water partition coefficient (Wildman–Crippen LogP) is 1.48. The van der Waals surface area contributed by atoms with Gasteiger partial charge in [-0.3, -0.25) is 0 Å². The lowest BCUT2D eigenvalue weighted by atomic mass is 10.5. The normalized spacial score (nSPS) is 36.6. The third-order valence-electron chi connectivity index (χ3n) is 2.37. The molecule has 1 saturated heterocycles. The van der Waals surface area contributed by atoms with Gasteiger partial charge in [-0.1, -0.05) is 32.0 Å². The highest BCUT2D eigenvalue weighted by Crippen LogP contribution is 2.21. The standard InChI is InChI=1S/C7H18OSi2/c1-3-6-10(2)7-4-5-8-9-10/h3-7,9H2,1-2H3. The fraction of sp³-hybridized carbons (Fsp3) is 1.00. The van der Waals surface area contributed by atoms with Gasteiger partial charge in [-0.15, -0.1) is 0 Å². The van der Waals surface area contributed by atoms with E-state index in [4.69, 9.17) is 4.43 Å². The first-order valence-electron chi connectivity index (χ1n) is 4.35. The largest absolute Gasteiger partial charge is 0.427 e. The van der Waals surface area contributed by atoms with Gasteiger partial charge in [-0.2, -0.15) is 0 Å². The molecule has 1 unspecified atom stereocenters. The predicted molar refractivity (Wildman–Crippen MR) is 50.6 cm³/mol. The van der Waals surface area contributed by atoms with Crippen LogP contribution in [0.2, 0.25) is 18.6 Å². The van der Waals surface area contributed by atoms with Gasteiger partial charge in [0.2, 0.25) is 0 Å². The highest BCUT2D eigenvalue weighted by molar-refractivity contribution is 7.22. The summed E-state index contributed by atoms with van der Waals surface area (Å²) in [7, 11) is -0.766. The molecule has 0 bridgehead atoms. The number of hydrogen-bond donors (Lipinski definition) is 0. The summed E-state index contributed by atoms with van der Waals surface area (Å²) < 4.78 is 5.64. The van der Waals surface area contributed by atoms with Crippen molar-refractivity contribution >= 4 is 16.9 Å². The van der Waals surface area contributed by atoms with Crippen molar-refractivity contribution in [3.63, 3.8) is 0 Å². The van der Waals surface area contributed by atoms with Crippen LogP contribution in [0.15, 0.2) is 0 Å². The summed E-state index contributed by atoms with van der Waals surface area (Å²) in [5, 5.41) is 0. The molecule has 1 atom stereocenters. The number of hydrogen-bond acceptors (Lipinski definition) is 1. The lowest BCUT2D eigenvalue weighted by Crippen LogP contribution is -2.43. The molecule has 10 heavy (non-hydrogen) atoms. The van der Waals surface area contributed by atoms with Crippen LogP contribution >= 0.6 is 0 Å². The van der Waals surface area contributed by atoms with E-state index in [-0.39, 0.29) is 9.28 Å². The molecule has 0 amide bonds. The van der Waals surface area contributed by atoms with Crippen molar-refractivity contribution in [2.45, 2.75) is 38.4 Å². The Labute approximate surface area is 66.9 Å². The Morgan fingerprint density at radius 1 is 1.60 bits per heavy atom.